The Bertz CT molecular complexity index is 1240. The molecule has 6 atom stereocenters. The van der Waals surface area contributed by atoms with Gasteiger partial charge in [0.15, 0.2) is 12.1 Å². The second-order valence-corrected chi connectivity index (χ2v) is 9.04. The number of hydrogen-bond donors (Lipinski definition) is 1. The van der Waals surface area contributed by atoms with Gasteiger partial charge in [-0.3, -0.25) is 0 Å². The number of pyridine rings is 1. The molecule has 2 aromatic heterocycles. The van der Waals surface area contributed by atoms with Gasteiger partial charge in [-0.05, 0) is 34.5 Å². The Morgan fingerprint density at radius 2 is 2.09 bits per heavy atom. The summed E-state index contributed by atoms with van der Waals surface area (Å²) in [7, 11) is 0. The van der Waals surface area contributed by atoms with E-state index >= 15 is 0 Å². The lowest BCUT2D eigenvalue weighted by Crippen LogP contribution is -2.58. The SMILES string of the molecule is Cc1nc([C@@H]2O[C@@H]3COC(c4ccccc4)O[C@@H]3[C@H](N=[N+]=[N-])[C@H]2O)n(-c2cc(Cl)cnc2Br)n1. The first-order valence-corrected chi connectivity index (χ1v) is 11.6. The number of azide groups is 1. The minimum Gasteiger partial charge on any atom is -0.389 e. The van der Waals surface area contributed by atoms with Crippen molar-refractivity contribution in [2.24, 2.45) is 5.11 Å². The van der Waals surface area contributed by atoms with Gasteiger partial charge < -0.3 is 19.3 Å². The van der Waals surface area contributed by atoms with E-state index in [9.17, 15) is 10.6 Å². The van der Waals surface area contributed by atoms with E-state index in [4.69, 9.17) is 25.8 Å². The number of benzene rings is 1. The maximum Gasteiger partial charge on any atom is 0.184 e. The second-order valence-electron chi connectivity index (χ2n) is 7.85. The molecular weight excluding hydrogens is 530 g/mol. The number of nitrogens with zero attached hydrogens (tertiary/aromatic N) is 7. The highest BCUT2D eigenvalue weighted by atomic mass is 79.9. The van der Waals surface area contributed by atoms with Gasteiger partial charge in [-0.2, -0.15) is 5.10 Å². The lowest BCUT2D eigenvalue weighted by molar-refractivity contribution is -0.309. The number of rotatable bonds is 4. The first kappa shape index (κ1) is 23.2. The second kappa shape index (κ2) is 9.59. The Morgan fingerprint density at radius 3 is 2.85 bits per heavy atom. The number of aliphatic hydroxyl groups is 1. The molecule has 34 heavy (non-hydrogen) atoms. The van der Waals surface area contributed by atoms with Gasteiger partial charge in [-0.1, -0.05) is 47.0 Å². The maximum absolute atomic E-state index is 11.3. The minimum absolute atomic E-state index is 0.167. The molecule has 1 N–H and O–H groups in total. The molecule has 0 bridgehead atoms. The standard InChI is InChI=1S/C21H19BrClN7O4/c1-10-26-20(30(28-10)13-7-12(23)8-25-19(13)22)18-16(31)15(27-29-24)17-14(33-18)9-32-21(34-17)11-5-3-2-4-6-11/h2-8,14-18,21,31H,9H2,1H3/t14-,15-,16-,17+,18-,21?/m1/s1. The number of halogens is 2. The van der Waals surface area contributed by atoms with Crippen LogP contribution in [0.15, 0.2) is 52.3 Å². The number of aryl methyl sites for hydroxylation is 1. The fraction of sp³-hybridized carbons (Fsp3) is 0.381. The summed E-state index contributed by atoms with van der Waals surface area (Å²) < 4.78 is 20.2. The molecule has 0 radical (unpaired) electrons. The Hall–Kier alpha value is -2.57. The molecule has 2 saturated heterocycles. The third-order valence-corrected chi connectivity index (χ3v) is 6.46. The molecule has 2 aliphatic rings. The third kappa shape index (κ3) is 4.29. The molecule has 5 rings (SSSR count). The number of ether oxygens (including phenoxy) is 3. The highest BCUT2D eigenvalue weighted by molar-refractivity contribution is 9.10. The monoisotopic (exact) mass is 547 g/mol. The number of aromatic nitrogens is 4. The molecule has 2 aliphatic heterocycles. The van der Waals surface area contributed by atoms with Crippen molar-refractivity contribution >= 4 is 27.5 Å². The van der Waals surface area contributed by atoms with Crippen molar-refractivity contribution in [3.8, 4) is 5.69 Å². The summed E-state index contributed by atoms with van der Waals surface area (Å²) in [5.74, 6) is 0.747. The van der Waals surface area contributed by atoms with Crippen LogP contribution >= 0.6 is 27.5 Å². The summed E-state index contributed by atoms with van der Waals surface area (Å²) in [5.41, 5.74) is 10.6. The fourth-order valence-corrected chi connectivity index (χ4v) is 4.69. The van der Waals surface area contributed by atoms with Crippen molar-refractivity contribution in [1.29, 1.82) is 0 Å². The van der Waals surface area contributed by atoms with Crippen LogP contribution in [-0.4, -0.2) is 55.8 Å². The van der Waals surface area contributed by atoms with E-state index < -0.39 is 36.7 Å². The van der Waals surface area contributed by atoms with Crippen molar-refractivity contribution in [2.75, 3.05) is 6.61 Å². The lowest BCUT2D eigenvalue weighted by atomic mass is 9.91. The van der Waals surface area contributed by atoms with Crippen molar-refractivity contribution < 1.29 is 19.3 Å². The molecule has 176 valence electrons. The molecule has 1 unspecified atom stereocenters. The summed E-state index contributed by atoms with van der Waals surface area (Å²) in [6, 6.07) is 10.1. The van der Waals surface area contributed by atoms with Crippen molar-refractivity contribution in [3.63, 3.8) is 0 Å². The van der Waals surface area contributed by atoms with Crippen molar-refractivity contribution in [3.05, 3.63) is 79.9 Å². The van der Waals surface area contributed by atoms with Gasteiger partial charge in [0.1, 0.15) is 34.4 Å². The van der Waals surface area contributed by atoms with Crippen LogP contribution in [0.3, 0.4) is 0 Å². The van der Waals surface area contributed by atoms with Gasteiger partial charge in [-0.15, -0.1) is 0 Å². The van der Waals surface area contributed by atoms with Crippen LogP contribution in [0.2, 0.25) is 5.02 Å². The lowest BCUT2D eigenvalue weighted by Gasteiger charge is -2.46. The quantitative estimate of drug-likeness (QED) is 0.225. The Balaban J connectivity index is 1.49. The van der Waals surface area contributed by atoms with Gasteiger partial charge in [0.05, 0.1) is 23.8 Å². The van der Waals surface area contributed by atoms with E-state index in [-0.39, 0.29) is 6.61 Å². The topological polar surface area (TPSA) is 140 Å². The van der Waals surface area contributed by atoms with E-state index in [2.05, 4.69) is 41.0 Å². The van der Waals surface area contributed by atoms with E-state index in [1.165, 1.54) is 10.9 Å². The van der Waals surface area contributed by atoms with E-state index in [1.54, 1.807) is 13.0 Å². The van der Waals surface area contributed by atoms with Crippen LogP contribution in [0.5, 0.6) is 0 Å². The smallest absolute Gasteiger partial charge is 0.184 e. The summed E-state index contributed by atoms with van der Waals surface area (Å²) in [6.07, 6.45) is -2.77. The molecule has 2 fully saturated rings. The van der Waals surface area contributed by atoms with Crippen LogP contribution in [-0.2, 0) is 14.2 Å². The number of hydrogen-bond acceptors (Lipinski definition) is 8. The average molecular weight is 549 g/mol. The van der Waals surface area contributed by atoms with Crippen LogP contribution in [0, 0.1) is 6.92 Å². The molecule has 11 nitrogen and oxygen atoms in total. The van der Waals surface area contributed by atoms with Crippen LogP contribution in [0.4, 0.5) is 0 Å². The first-order chi connectivity index (χ1) is 16.5. The normalized spacial score (nSPS) is 28.7. The Labute approximate surface area is 207 Å². The first-order valence-electron chi connectivity index (χ1n) is 10.4. The largest absolute Gasteiger partial charge is 0.389 e. The maximum atomic E-state index is 11.3. The Kier molecular flexibility index (Phi) is 6.54. The van der Waals surface area contributed by atoms with Gasteiger partial charge in [0.2, 0.25) is 0 Å². The van der Waals surface area contributed by atoms with Crippen LogP contribution in [0.25, 0.3) is 16.1 Å². The molecule has 3 aromatic rings. The number of aliphatic hydroxyl groups excluding tert-OH is 1. The molecule has 0 aliphatic carbocycles. The summed E-state index contributed by atoms with van der Waals surface area (Å²) >= 11 is 9.55. The van der Waals surface area contributed by atoms with Crippen molar-refractivity contribution in [1.82, 2.24) is 19.7 Å². The summed E-state index contributed by atoms with van der Waals surface area (Å²) in [5, 5.41) is 20.0. The van der Waals surface area contributed by atoms with Crippen LogP contribution in [0.1, 0.15) is 29.6 Å². The van der Waals surface area contributed by atoms with Crippen molar-refractivity contribution in [2.45, 2.75) is 43.7 Å². The molecule has 0 saturated carbocycles. The van der Waals surface area contributed by atoms with Gasteiger partial charge >= 0.3 is 0 Å². The third-order valence-electron chi connectivity index (χ3n) is 5.64. The summed E-state index contributed by atoms with van der Waals surface area (Å²) in [4.78, 5) is 11.6. The predicted molar refractivity (Wildman–Crippen MR) is 123 cm³/mol. The number of fused-ring (bicyclic) bond motifs is 1. The molecule has 13 heteroatoms. The molecule has 4 heterocycles. The van der Waals surface area contributed by atoms with E-state index in [1.807, 2.05) is 30.3 Å². The van der Waals surface area contributed by atoms with Gasteiger partial charge in [-0.25, -0.2) is 14.6 Å². The zero-order valence-corrected chi connectivity index (χ0v) is 20.1. The zero-order chi connectivity index (χ0) is 23.8. The predicted octanol–water partition coefficient (Wildman–Crippen LogP) is 3.98. The molecular formula is C21H19BrClN7O4. The van der Waals surface area contributed by atoms with Gasteiger partial charge in [0, 0.05) is 16.7 Å². The zero-order valence-electron chi connectivity index (χ0n) is 17.8. The molecule has 1 aromatic carbocycles. The highest BCUT2D eigenvalue weighted by Crippen LogP contribution is 2.40. The average Bonchev–Trinajstić information content (AvgIpc) is 3.23. The fourth-order valence-electron chi connectivity index (χ4n) is 4.15. The minimum atomic E-state index is -1.26. The van der Waals surface area contributed by atoms with Gasteiger partial charge in [0.25, 0.3) is 0 Å². The molecule has 0 amide bonds. The van der Waals surface area contributed by atoms with Crippen LogP contribution < -0.4 is 0 Å². The summed E-state index contributed by atoms with van der Waals surface area (Å²) in [6.45, 7) is 1.88. The Morgan fingerprint density at radius 1 is 1.29 bits per heavy atom. The molecule has 0 spiro atoms. The van der Waals surface area contributed by atoms with E-state index in [0.717, 1.165) is 5.56 Å². The highest BCUT2D eigenvalue weighted by Gasteiger charge is 2.51. The van der Waals surface area contributed by atoms with E-state index in [0.29, 0.717) is 27.0 Å².